The molecule has 0 aromatic heterocycles. The van der Waals surface area contributed by atoms with Crippen molar-refractivity contribution in [3.8, 4) is 0 Å². The molecule has 10 heteroatoms. The molecule has 542 valence electrons. The van der Waals surface area contributed by atoms with Crippen molar-refractivity contribution in [3.05, 3.63) is 122 Å². The van der Waals surface area contributed by atoms with Crippen molar-refractivity contribution in [2.24, 2.45) is 0 Å². The Morgan fingerprint density at radius 3 is 0.851 bits per heavy atom. The number of quaternary nitrogens is 1. The van der Waals surface area contributed by atoms with Gasteiger partial charge in [-0.3, -0.25) is 14.2 Å². The Morgan fingerprint density at radius 2 is 0.574 bits per heavy atom. The van der Waals surface area contributed by atoms with Gasteiger partial charge in [0.15, 0.2) is 6.10 Å². The lowest BCUT2D eigenvalue weighted by Crippen LogP contribution is -2.37. The summed E-state index contributed by atoms with van der Waals surface area (Å²) in [6.45, 7) is 4.05. The van der Waals surface area contributed by atoms with Gasteiger partial charge in [-0.25, -0.2) is 0 Å². The molecule has 0 aliphatic heterocycles. The van der Waals surface area contributed by atoms with Crippen LogP contribution in [-0.2, 0) is 32.7 Å². The van der Waals surface area contributed by atoms with Gasteiger partial charge < -0.3 is 27.9 Å². The fourth-order valence-electron chi connectivity index (χ4n) is 11.1. The molecule has 0 heterocycles. The zero-order chi connectivity index (χ0) is 68.3. The third-order valence-electron chi connectivity index (χ3n) is 17.0. The van der Waals surface area contributed by atoms with Gasteiger partial charge in [0, 0.05) is 12.8 Å². The topological polar surface area (TPSA) is 111 Å². The fourth-order valence-corrected chi connectivity index (χ4v) is 11.8. The monoisotopic (exact) mass is 1330 g/mol. The van der Waals surface area contributed by atoms with Gasteiger partial charge in [0.1, 0.15) is 19.8 Å². The Bertz CT molecular complexity index is 2010. The molecule has 0 fully saturated rings. The van der Waals surface area contributed by atoms with Gasteiger partial charge in [-0.05, 0) is 103 Å². The molecule has 0 aromatic carbocycles. The number of hydrogen-bond acceptors (Lipinski definition) is 8. The highest BCUT2D eigenvalue weighted by Crippen LogP contribution is 2.38. The normalized spacial score (nSPS) is 13.7. The highest BCUT2D eigenvalue weighted by Gasteiger charge is 2.22. The first kappa shape index (κ1) is 90.4. The molecule has 2 atom stereocenters. The van der Waals surface area contributed by atoms with Gasteiger partial charge in [0.25, 0.3) is 7.82 Å². The van der Waals surface area contributed by atoms with E-state index >= 15 is 0 Å². The molecule has 9 nitrogen and oxygen atoms in total. The maximum atomic E-state index is 12.9. The number of rotatable bonds is 72. The summed E-state index contributed by atoms with van der Waals surface area (Å²) in [5.74, 6) is -0.822. The van der Waals surface area contributed by atoms with E-state index in [0.29, 0.717) is 17.4 Å². The van der Waals surface area contributed by atoms with Crippen LogP contribution in [0.1, 0.15) is 348 Å². The molecule has 0 amide bonds. The van der Waals surface area contributed by atoms with E-state index in [1.165, 1.54) is 212 Å². The SMILES string of the molecule is CC/C=C\C/C=C\C/C=C\C/C=C\C/C=C\C/C=C\CCCCCCCCCCCCCCCCC(=O)OC(COC(=O)CCCCCCCCCCCCCCCCCCCCCCCCCC/C=C\C/C=C\C/C=C\C/C=C\CC)COP(=O)([O-])OCC[N+](C)(C)C. The van der Waals surface area contributed by atoms with Crippen LogP contribution in [0.15, 0.2) is 122 Å². The maximum Gasteiger partial charge on any atom is 0.306 e. The number of phosphoric ester groups is 1. The van der Waals surface area contributed by atoms with Gasteiger partial charge in [-0.1, -0.05) is 354 Å². The Morgan fingerprint density at radius 1 is 0.330 bits per heavy atom. The number of carbonyl (C=O) groups excluding carboxylic acids is 2. The van der Waals surface area contributed by atoms with E-state index < -0.39 is 26.5 Å². The first-order chi connectivity index (χ1) is 46.0. The third kappa shape index (κ3) is 77.4. The lowest BCUT2D eigenvalue weighted by molar-refractivity contribution is -0.870. The van der Waals surface area contributed by atoms with Crippen molar-refractivity contribution in [1.82, 2.24) is 0 Å². The average molecular weight is 1330 g/mol. The van der Waals surface area contributed by atoms with E-state index in [2.05, 4.69) is 135 Å². The summed E-state index contributed by atoms with van der Waals surface area (Å²) in [4.78, 5) is 38.2. The lowest BCUT2D eigenvalue weighted by atomic mass is 10.0. The quantitative estimate of drug-likeness (QED) is 0.0195. The number of ether oxygens (including phenoxy) is 2. The molecule has 2 unspecified atom stereocenters. The van der Waals surface area contributed by atoms with Crippen LogP contribution in [0.4, 0.5) is 0 Å². The lowest BCUT2D eigenvalue weighted by Gasteiger charge is -2.28. The standard InChI is InChI=1S/C84H148NO8P/c1-6-8-10-12-14-16-18-20-22-24-26-28-30-32-34-36-38-40-41-42-43-45-46-48-50-52-54-56-58-60-62-64-66-68-70-72-74-76-83(86)90-80-82(81-92-94(88,89)91-79-78-85(3,4)5)93-84(87)77-75-73-71-69-67-65-63-61-59-57-55-53-51-49-47-44-39-37-35-33-31-29-27-25-23-21-19-17-15-13-11-9-7-2/h8-11,14-17,20-23,26-29,33,35,39,44,82H,6-7,12-13,18-19,24-25,30-32,34,36-38,40-43,45-81H2,1-5H3/b10-8-,11-9-,16-14-,17-15-,22-20-,23-21-,28-26-,29-27-,35-33-,44-39-. The second-order valence-electron chi connectivity index (χ2n) is 27.3. The average Bonchev–Trinajstić information content (AvgIpc) is 1.56. The number of carbonyl (C=O) groups is 2. The summed E-state index contributed by atoms with van der Waals surface area (Å²) < 4.78 is 34.4. The second kappa shape index (κ2) is 73.7. The summed E-state index contributed by atoms with van der Waals surface area (Å²) in [6, 6.07) is 0. The summed E-state index contributed by atoms with van der Waals surface area (Å²) in [6.07, 6.45) is 106. The second-order valence-corrected chi connectivity index (χ2v) is 28.7. The first-order valence-corrected chi connectivity index (χ1v) is 40.7. The van der Waals surface area contributed by atoms with Crippen molar-refractivity contribution < 1.29 is 42.1 Å². The van der Waals surface area contributed by atoms with Crippen molar-refractivity contribution in [1.29, 1.82) is 0 Å². The van der Waals surface area contributed by atoms with Crippen LogP contribution < -0.4 is 4.89 Å². The number of esters is 2. The summed E-state index contributed by atoms with van der Waals surface area (Å²) >= 11 is 0. The Labute approximate surface area is 581 Å². The molecule has 0 spiro atoms. The molecule has 0 aliphatic rings. The Kier molecular flexibility index (Phi) is 70.8. The van der Waals surface area contributed by atoms with Gasteiger partial charge >= 0.3 is 11.9 Å². The minimum Gasteiger partial charge on any atom is -0.756 e. The smallest absolute Gasteiger partial charge is 0.306 e. The molecule has 0 bridgehead atoms. The van der Waals surface area contributed by atoms with Gasteiger partial charge in [0.2, 0.25) is 0 Å². The van der Waals surface area contributed by atoms with Crippen LogP contribution in [0.25, 0.3) is 0 Å². The van der Waals surface area contributed by atoms with Crippen molar-refractivity contribution in [2.45, 2.75) is 354 Å². The summed E-state index contributed by atoms with van der Waals surface area (Å²) in [5.41, 5.74) is 0. The van der Waals surface area contributed by atoms with E-state index in [4.69, 9.17) is 18.5 Å². The molecule has 0 aliphatic carbocycles. The van der Waals surface area contributed by atoms with Crippen molar-refractivity contribution in [3.63, 3.8) is 0 Å². The molecular formula is C84H148NO8P. The third-order valence-corrected chi connectivity index (χ3v) is 17.9. The molecule has 0 saturated heterocycles. The molecule has 0 aromatic rings. The zero-order valence-corrected chi connectivity index (χ0v) is 62.8. The van der Waals surface area contributed by atoms with E-state index in [1.54, 1.807) is 0 Å². The minimum atomic E-state index is -4.65. The highest BCUT2D eigenvalue weighted by atomic mass is 31.2. The number of unbranched alkanes of at least 4 members (excludes halogenated alkanes) is 38. The maximum absolute atomic E-state index is 12.9. The molecule has 0 saturated carbocycles. The first-order valence-electron chi connectivity index (χ1n) is 39.2. The Hall–Kier alpha value is -3.59. The molecule has 0 radical (unpaired) electrons. The number of allylic oxidation sites excluding steroid dienone is 20. The van der Waals surface area contributed by atoms with E-state index in [-0.39, 0.29) is 32.0 Å². The number of nitrogens with zero attached hydrogens (tertiary/aromatic N) is 1. The van der Waals surface area contributed by atoms with Crippen LogP contribution in [0.2, 0.25) is 0 Å². The molecule has 0 rings (SSSR count). The Balaban J connectivity index is 3.96. The zero-order valence-electron chi connectivity index (χ0n) is 61.9. The van der Waals surface area contributed by atoms with E-state index in [1.807, 2.05) is 21.1 Å². The van der Waals surface area contributed by atoms with E-state index in [0.717, 1.165) is 103 Å². The van der Waals surface area contributed by atoms with Crippen LogP contribution in [0.3, 0.4) is 0 Å². The fraction of sp³-hybridized carbons (Fsp3) is 0.738. The number of hydrogen-bond donors (Lipinski definition) is 0. The predicted molar refractivity (Wildman–Crippen MR) is 406 cm³/mol. The van der Waals surface area contributed by atoms with Crippen molar-refractivity contribution in [2.75, 3.05) is 47.5 Å². The van der Waals surface area contributed by atoms with Gasteiger partial charge in [-0.15, -0.1) is 0 Å². The van der Waals surface area contributed by atoms with E-state index in [9.17, 15) is 19.0 Å². The van der Waals surface area contributed by atoms with Gasteiger partial charge in [0.05, 0.1) is 27.7 Å². The summed E-state index contributed by atoms with van der Waals surface area (Å²) in [7, 11) is 1.17. The largest absolute Gasteiger partial charge is 0.756 e. The van der Waals surface area contributed by atoms with Crippen LogP contribution in [0, 0.1) is 0 Å². The number of likely N-dealkylation sites (N-methyl/N-ethyl adjacent to an activating group) is 1. The number of phosphoric acid groups is 1. The molecule has 0 N–H and O–H groups in total. The minimum absolute atomic E-state index is 0.0329. The molecule has 94 heavy (non-hydrogen) atoms. The summed E-state index contributed by atoms with van der Waals surface area (Å²) in [5, 5.41) is 0. The van der Waals surface area contributed by atoms with Crippen LogP contribution in [0.5, 0.6) is 0 Å². The van der Waals surface area contributed by atoms with Crippen LogP contribution in [-0.4, -0.2) is 70.0 Å². The van der Waals surface area contributed by atoms with Gasteiger partial charge in [-0.2, -0.15) is 0 Å². The van der Waals surface area contributed by atoms with Crippen molar-refractivity contribution >= 4 is 19.8 Å². The highest BCUT2D eigenvalue weighted by molar-refractivity contribution is 7.45. The predicted octanol–water partition coefficient (Wildman–Crippen LogP) is 25.5. The van der Waals surface area contributed by atoms with Crippen LogP contribution >= 0.6 is 7.82 Å². The molecular weight excluding hydrogens is 1180 g/mol.